The first-order valence-corrected chi connectivity index (χ1v) is 8.21. The van der Waals surface area contributed by atoms with Crippen LogP contribution < -0.4 is 5.32 Å². The molecule has 0 aromatic rings. The average Bonchev–Trinajstić information content (AvgIpc) is 2.40. The van der Waals surface area contributed by atoms with Gasteiger partial charge in [0, 0.05) is 19.1 Å². The SMILES string of the molecule is CC(C)NC1CCCN(CCC2CCCCC2)C1=O. The Morgan fingerprint density at radius 3 is 2.58 bits per heavy atom. The molecule has 0 aromatic heterocycles. The van der Waals surface area contributed by atoms with Gasteiger partial charge in [-0.25, -0.2) is 0 Å². The molecule has 0 spiro atoms. The highest BCUT2D eigenvalue weighted by Gasteiger charge is 2.29. The zero-order valence-electron chi connectivity index (χ0n) is 12.7. The maximum Gasteiger partial charge on any atom is 0.239 e. The number of hydrogen-bond donors (Lipinski definition) is 1. The van der Waals surface area contributed by atoms with Crippen LogP contribution in [-0.2, 0) is 4.79 Å². The Labute approximate surface area is 118 Å². The molecule has 19 heavy (non-hydrogen) atoms. The Morgan fingerprint density at radius 1 is 1.16 bits per heavy atom. The van der Waals surface area contributed by atoms with E-state index in [1.54, 1.807) is 0 Å². The minimum Gasteiger partial charge on any atom is -0.341 e. The van der Waals surface area contributed by atoms with E-state index in [1.807, 2.05) is 0 Å². The Hall–Kier alpha value is -0.570. The molecular formula is C16H30N2O. The summed E-state index contributed by atoms with van der Waals surface area (Å²) in [6.07, 6.45) is 10.4. The van der Waals surface area contributed by atoms with Crippen molar-refractivity contribution < 1.29 is 4.79 Å². The van der Waals surface area contributed by atoms with Crippen LogP contribution in [0.1, 0.15) is 65.2 Å². The minimum absolute atomic E-state index is 0.0695. The van der Waals surface area contributed by atoms with Crippen LogP contribution in [0.2, 0.25) is 0 Å². The lowest BCUT2D eigenvalue weighted by Crippen LogP contribution is -2.52. The normalized spacial score (nSPS) is 26.2. The maximum atomic E-state index is 12.4. The molecule has 1 saturated carbocycles. The lowest BCUT2D eigenvalue weighted by molar-refractivity contribution is -0.136. The molecule has 1 saturated heterocycles. The molecule has 1 heterocycles. The number of rotatable bonds is 5. The van der Waals surface area contributed by atoms with Gasteiger partial charge in [0.2, 0.25) is 5.91 Å². The molecule has 1 amide bonds. The molecule has 1 unspecified atom stereocenters. The van der Waals surface area contributed by atoms with Crippen LogP contribution in [-0.4, -0.2) is 36.0 Å². The molecule has 1 atom stereocenters. The highest BCUT2D eigenvalue weighted by molar-refractivity contribution is 5.82. The minimum atomic E-state index is 0.0695. The molecule has 0 bridgehead atoms. The molecule has 2 rings (SSSR count). The van der Waals surface area contributed by atoms with E-state index in [4.69, 9.17) is 0 Å². The largest absolute Gasteiger partial charge is 0.341 e. The van der Waals surface area contributed by atoms with Crippen LogP contribution in [0.25, 0.3) is 0 Å². The standard InChI is InChI=1S/C16H30N2O/c1-13(2)17-15-9-6-11-18(16(15)19)12-10-14-7-4-3-5-8-14/h13-15,17H,3-12H2,1-2H3. The fourth-order valence-electron chi connectivity index (χ4n) is 3.53. The summed E-state index contributed by atoms with van der Waals surface area (Å²) in [6, 6.07) is 0.465. The maximum absolute atomic E-state index is 12.4. The second kappa shape index (κ2) is 7.28. The van der Waals surface area contributed by atoms with Gasteiger partial charge in [0.1, 0.15) is 0 Å². The molecule has 2 aliphatic rings. The highest BCUT2D eigenvalue weighted by Crippen LogP contribution is 2.27. The smallest absolute Gasteiger partial charge is 0.239 e. The van der Waals surface area contributed by atoms with Crippen LogP contribution in [0.5, 0.6) is 0 Å². The number of piperidine rings is 1. The number of nitrogens with zero attached hydrogens (tertiary/aromatic N) is 1. The van der Waals surface area contributed by atoms with Crippen LogP contribution in [0.4, 0.5) is 0 Å². The zero-order valence-corrected chi connectivity index (χ0v) is 12.7. The van der Waals surface area contributed by atoms with E-state index in [1.165, 1.54) is 38.5 Å². The van der Waals surface area contributed by atoms with Gasteiger partial charge in [0.15, 0.2) is 0 Å². The fraction of sp³-hybridized carbons (Fsp3) is 0.938. The lowest BCUT2D eigenvalue weighted by atomic mass is 9.87. The molecular weight excluding hydrogens is 236 g/mol. The summed E-state index contributed by atoms with van der Waals surface area (Å²) in [5.74, 6) is 1.22. The number of carbonyl (C=O) groups excluding carboxylic acids is 1. The molecule has 1 aliphatic carbocycles. The molecule has 3 heteroatoms. The van der Waals surface area contributed by atoms with E-state index in [-0.39, 0.29) is 6.04 Å². The Bertz CT molecular complexity index is 284. The van der Waals surface area contributed by atoms with E-state index in [0.717, 1.165) is 31.8 Å². The van der Waals surface area contributed by atoms with E-state index in [9.17, 15) is 4.79 Å². The first kappa shape index (κ1) is 14.8. The van der Waals surface area contributed by atoms with Gasteiger partial charge in [-0.1, -0.05) is 46.0 Å². The molecule has 0 radical (unpaired) electrons. The summed E-state index contributed by atoms with van der Waals surface area (Å²) in [5, 5.41) is 3.41. The number of likely N-dealkylation sites (tertiary alicyclic amines) is 1. The van der Waals surface area contributed by atoms with Crippen LogP contribution in [0.3, 0.4) is 0 Å². The molecule has 0 aromatic carbocycles. The van der Waals surface area contributed by atoms with Gasteiger partial charge < -0.3 is 10.2 Å². The summed E-state index contributed by atoms with van der Waals surface area (Å²) in [4.78, 5) is 14.5. The number of hydrogen-bond acceptors (Lipinski definition) is 2. The third-order valence-electron chi connectivity index (χ3n) is 4.60. The summed E-state index contributed by atoms with van der Waals surface area (Å²) in [6.45, 7) is 6.20. The van der Waals surface area contributed by atoms with Gasteiger partial charge in [-0.05, 0) is 25.2 Å². The van der Waals surface area contributed by atoms with Crippen LogP contribution >= 0.6 is 0 Å². The van der Waals surface area contributed by atoms with Crippen molar-refractivity contribution in [2.24, 2.45) is 5.92 Å². The van der Waals surface area contributed by atoms with Crippen molar-refractivity contribution >= 4 is 5.91 Å². The quantitative estimate of drug-likeness (QED) is 0.830. The first-order chi connectivity index (χ1) is 9.16. The number of amides is 1. The van der Waals surface area contributed by atoms with Crippen molar-refractivity contribution in [2.45, 2.75) is 77.3 Å². The predicted molar refractivity (Wildman–Crippen MR) is 79.1 cm³/mol. The highest BCUT2D eigenvalue weighted by atomic mass is 16.2. The molecule has 3 nitrogen and oxygen atoms in total. The van der Waals surface area contributed by atoms with E-state index in [0.29, 0.717) is 11.9 Å². The van der Waals surface area contributed by atoms with E-state index < -0.39 is 0 Å². The predicted octanol–water partition coefficient (Wildman–Crippen LogP) is 2.95. The summed E-state index contributed by atoms with van der Waals surface area (Å²) in [5.41, 5.74) is 0. The fourth-order valence-corrected chi connectivity index (χ4v) is 3.53. The van der Waals surface area contributed by atoms with E-state index >= 15 is 0 Å². The molecule has 2 fully saturated rings. The topological polar surface area (TPSA) is 32.3 Å². The number of nitrogens with one attached hydrogen (secondary N) is 1. The lowest BCUT2D eigenvalue weighted by Gasteiger charge is -2.35. The Morgan fingerprint density at radius 2 is 1.89 bits per heavy atom. The van der Waals surface area contributed by atoms with Crippen molar-refractivity contribution in [3.8, 4) is 0 Å². The second-order valence-corrected chi connectivity index (χ2v) is 6.63. The zero-order chi connectivity index (χ0) is 13.7. The Balaban J connectivity index is 1.77. The van der Waals surface area contributed by atoms with Gasteiger partial charge in [-0.15, -0.1) is 0 Å². The average molecular weight is 266 g/mol. The van der Waals surface area contributed by atoms with Gasteiger partial charge in [0.25, 0.3) is 0 Å². The third-order valence-corrected chi connectivity index (χ3v) is 4.60. The summed E-state index contributed by atoms with van der Waals surface area (Å²) < 4.78 is 0. The van der Waals surface area contributed by atoms with Gasteiger partial charge in [0.05, 0.1) is 6.04 Å². The van der Waals surface area contributed by atoms with E-state index in [2.05, 4.69) is 24.1 Å². The molecule has 1 N–H and O–H groups in total. The first-order valence-electron chi connectivity index (χ1n) is 8.21. The second-order valence-electron chi connectivity index (χ2n) is 6.63. The van der Waals surface area contributed by atoms with Crippen LogP contribution in [0.15, 0.2) is 0 Å². The monoisotopic (exact) mass is 266 g/mol. The summed E-state index contributed by atoms with van der Waals surface area (Å²) in [7, 11) is 0. The van der Waals surface area contributed by atoms with Crippen molar-refractivity contribution in [1.29, 1.82) is 0 Å². The Kier molecular flexibility index (Phi) is 5.68. The van der Waals surface area contributed by atoms with Crippen molar-refractivity contribution in [3.63, 3.8) is 0 Å². The van der Waals surface area contributed by atoms with Gasteiger partial charge in [-0.2, -0.15) is 0 Å². The van der Waals surface area contributed by atoms with Gasteiger partial charge in [-0.3, -0.25) is 4.79 Å². The molecule has 1 aliphatic heterocycles. The third kappa shape index (κ3) is 4.48. The van der Waals surface area contributed by atoms with Gasteiger partial charge >= 0.3 is 0 Å². The molecule has 110 valence electrons. The van der Waals surface area contributed by atoms with Crippen molar-refractivity contribution in [1.82, 2.24) is 10.2 Å². The van der Waals surface area contributed by atoms with Crippen LogP contribution in [0, 0.1) is 5.92 Å². The summed E-state index contributed by atoms with van der Waals surface area (Å²) >= 11 is 0. The van der Waals surface area contributed by atoms with Crippen molar-refractivity contribution in [2.75, 3.05) is 13.1 Å². The number of carbonyl (C=O) groups is 1. The van der Waals surface area contributed by atoms with Crippen molar-refractivity contribution in [3.05, 3.63) is 0 Å².